The number of hydrogen-bond donors (Lipinski definition) is 3. The van der Waals surface area contributed by atoms with E-state index in [-0.39, 0.29) is 36.5 Å². The van der Waals surface area contributed by atoms with Crippen LogP contribution in [0.3, 0.4) is 0 Å². The monoisotopic (exact) mass is 414 g/mol. The zero-order valence-corrected chi connectivity index (χ0v) is 14.5. The van der Waals surface area contributed by atoms with Crippen molar-refractivity contribution in [2.75, 3.05) is 19.0 Å². The van der Waals surface area contributed by atoms with E-state index in [1.807, 2.05) is 24.3 Å². The Morgan fingerprint density at radius 3 is 2.50 bits per heavy atom. The molecule has 1 aromatic heterocycles. The van der Waals surface area contributed by atoms with Gasteiger partial charge in [-0.2, -0.15) is 0 Å². The summed E-state index contributed by atoms with van der Waals surface area (Å²) in [5.74, 6) is 1.01. The van der Waals surface area contributed by atoms with Gasteiger partial charge in [0.25, 0.3) is 0 Å². The topological polar surface area (TPSA) is 92.8 Å². The van der Waals surface area contributed by atoms with Crippen LogP contribution in [-0.2, 0) is 0 Å². The fourth-order valence-corrected chi connectivity index (χ4v) is 1.74. The molecule has 1 unspecified atom stereocenters. The number of aromatic nitrogens is 1. The molecule has 6 nitrogen and oxygen atoms in total. The zero-order valence-electron chi connectivity index (χ0n) is 12.1. The predicted octanol–water partition coefficient (Wildman–Crippen LogP) is 2.17. The number of halogens is 1. The summed E-state index contributed by atoms with van der Waals surface area (Å²) in [6, 6.07) is 10.8. The van der Waals surface area contributed by atoms with Gasteiger partial charge in [-0.1, -0.05) is 0 Å². The molecule has 0 bridgehead atoms. The standard InChI is InChI=1S/C15H18N4O2.HI/c1-21-13-4-2-12(3-5-13)19-15(16)18-10-14(20)11-6-8-17-9-7-11;/h2-9,14,20H,10H2,1H3,(H3,16,18,19);1H. The molecule has 1 heterocycles. The quantitative estimate of drug-likeness (QED) is 0.396. The predicted molar refractivity (Wildman–Crippen MR) is 97.7 cm³/mol. The number of guanidine groups is 1. The second-order valence-electron chi connectivity index (χ2n) is 4.38. The van der Waals surface area contributed by atoms with E-state index < -0.39 is 6.10 Å². The van der Waals surface area contributed by atoms with Crippen molar-refractivity contribution in [1.82, 2.24) is 4.98 Å². The highest BCUT2D eigenvalue weighted by Gasteiger charge is 2.06. The molecule has 22 heavy (non-hydrogen) atoms. The van der Waals surface area contributed by atoms with Gasteiger partial charge in [0.05, 0.1) is 19.8 Å². The minimum Gasteiger partial charge on any atom is -0.497 e. The van der Waals surface area contributed by atoms with Gasteiger partial charge in [0.1, 0.15) is 5.75 Å². The Hall–Kier alpha value is -1.87. The number of ether oxygens (including phenoxy) is 1. The van der Waals surface area contributed by atoms with E-state index in [0.29, 0.717) is 0 Å². The van der Waals surface area contributed by atoms with Crippen molar-refractivity contribution in [3.8, 4) is 5.75 Å². The molecule has 0 fully saturated rings. The third-order valence-corrected chi connectivity index (χ3v) is 2.89. The first-order chi connectivity index (χ1) is 10.2. The van der Waals surface area contributed by atoms with Crippen molar-refractivity contribution in [3.05, 3.63) is 54.4 Å². The number of methoxy groups -OCH3 is 1. The first-order valence-electron chi connectivity index (χ1n) is 6.48. The number of hydrogen-bond acceptors (Lipinski definition) is 4. The van der Waals surface area contributed by atoms with E-state index in [1.165, 1.54) is 0 Å². The number of nitrogens with two attached hydrogens (primary N) is 1. The summed E-state index contributed by atoms with van der Waals surface area (Å²) in [5.41, 5.74) is 7.34. The van der Waals surface area contributed by atoms with Crippen LogP contribution in [0.15, 0.2) is 53.8 Å². The maximum absolute atomic E-state index is 9.97. The molecular formula is C15H19IN4O2. The van der Waals surface area contributed by atoms with Crippen LogP contribution in [-0.4, -0.2) is 29.7 Å². The molecule has 0 aliphatic carbocycles. The first kappa shape index (κ1) is 18.2. The molecule has 7 heteroatoms. The maximum Gasteiger partial charge on any atom is 0.193 e. The average molecular weight is 414 g/mol. The number of rotatable bonds is 5. The third-order valence-electron chi connectivity index (χ3n) is 2.89. The van der Waals surface area contributed by atoms with Crippen LogP contribution in [0.5, 0.6) is 5.75 Å². The van der Waals surface area contributed by atoms with E-state index in [0.717, 1.165) is 17.0 Å². The largest absolute Gasteiger partial charge is 0.497 e. The Labute approximate surface area is 146 Å². The maximum atomic E-state index is 9.97. The lowest BCUT2D eigenvalue weighted by molar-refractivity contribution is 0.187. The minimum atomic E-state index is -0.704. The smallest absolute Gasteiger partial charge is 0.193 e. The summed E-state index contributed by atoms with van der Waals surface area (Å²) >= 11 is 0. The van der Waals surface area contributed by atoms with Crippen LogP contribution in [0.25, 0.3) is 0 Å². The van der Waals surface area contributed by atoms with Crippen LogP contribution in [0.2, 0.25) is 0 Å². The molecule has 0 amide bonds. The van der Waals surface area contributed by atoms with Gasteiger partial charge in [0.15, 0.2) is 5.96 Å². The number of aliphatic hydroxyl groups is 1. The summed E-state index contributed by atoms with van der Waals surface area (Å²) < 4.78 is 5.07. The SMILES string of the molecule is COc1ccc(NC(N)=NCC(O)c2ccncc2)cc1.I. The molecule has 118 valence electrons. The van der Waals surface area contributed by atoms with Gasteiger partial charge in [0.2, 0.25) is 0 Å². The molecule has 2 aromatic rings. The fourth-order valence-electron chi connectivity index (χ4n) is 1.74. The number of nitrogens with zero attached hydrogens (tertiary/aromatic N) is 2. The van der Waals surface area contributed by atoms with Crippen molar-refractivity contribution in [2.24, 2.45) is 10.7 Å². The van der Waals surface area contributed by atoms with Gasteiger partial charge in [-0.25, -0.2) is 0 Å². The Morgan fingerprint density at radius 1 is 1.27 bits per heavy atom. The number of aliphatic imine (C=N–C) groups is 1. The lowest BCUT2D eigenvalue weighted by Gasteiger charge is -2.10. The highest BCUT2D eigenvalue weighted by Crippen LogP contribution is 2.15. The Balaban J connectivity index is 0.00000242. The Morgan fingerprint density at radius 2 is 1.91 bits per heavy atom. The van der Waals surface area contributed by atoms with Gasteiger partial charge in [-0.3, -0.25) is 9.98 Å². The number of nitrogens with one attached hydrogen (secondary N) is 1. The molecule has 0 aliphatic heterocycles. The second-order valence-corrected chi connectivity index (χ2v) is 4.38. The molecule has 4 N–H and O–H groups in total. The molecule has 0 spiro atoms. The fraction of sp³-hybridized carbons (Fsp3) is 0.200. The summed E-state index contributed by atoms with van der Waals surface area (Å²) in [7, 11) is 1.61. The third kappa shape index (κ3) is 5.49. The number of aliphatic hydroxyl groups excluding tert-OH is 1. The number of anilines is 1. The summed E-state index contributed by atoms with van der Waals surface area (Å²) in [6.45, 7) is 0.180. The normalized spacial score (nSPS) is 12.2. The van der Waals surface area contributed by atoms with Gasteiger partial charge < -0.3 is 20.9 Å². The van der Waals surface area contributed by atoms with Gasteiger partial charge >= 0.3 is 0 Å². The van der Waals surface area contributed by atoms with Gasteiger partial charge in [0, 0.05) is 18.1 Å². The minimum absolute atomic E-state index is 0. The van der Waals surface area contributed by atoms with Crippen molar-refractivity contribution in [1.29, 1.82) is 0 Å². The number of benzene rings is 1. The van der Waals surface area contributed by atoms with Crippen molar-refractivity contribution < 1.29 is 9.84 Å². The highest BCUT2D eigenvalue weighted by atomic mass is 127. The molecular weight excluding hydrogens is 395 g/mol. The van der Waals surface area contributed by atoms with Gasteiger partial charge in [-0.15, -0.1) is 24.0 Å². The van der Waals surface area contributed by atoms with Crippen LogP contribution >= 0.6 is 24.0 Å². The Bertz CT molecular complexity index is 590. The van der Waals surface area contributed by atoms with Crippen molar-refractivity contribution in [2.45, 2.75) is 6.10 Å². The molecule has 0 saturated carbocycles. The molecule has 1 aromatic carbocycles. The average Bonchev–Trinajstić information content (AvgIpc) is 2.54. The first-order valence-corrected chi connectivity index (χ1v) is 6.48. The van der Waals surface area contributed by atoms with Crippen molar-refractivity contribution >= 4 is 35.6 Å². The highest BCUT2D eigenvalue weighted by molar-refractivity contribution is 14.0. The van der Waals surface area contributed by atoms with Gasteiger partial charge in [-0.05, 0) is 42.0 Å². The lowest BCUT2D eigenvalue weighted by atomic mass is 10.1. The van der Waals surface area contributed by atoms with E-state index in [4.69, 9.17) is 10.5 Å². The van der Waals surface area contributed by atoms with Crippen LogP contribution in [0.4, 0.5) is 5.69 Å². The summed E-state index contributed by atoms with van der Waals surface area (Å²) in [5, 5.41) is 12.9. The van der Waals surface area contributed by atoms with E-state index >= 15 is 0 Å². The van der Waals surface area contributed by atoms with Crippen molar-refractivity contribution in [3.63, 3.8) is 0 Å². The van der Waals surface area contributed by atoms with Crippen LogP contribution in [0, 0.1) is 0 Å². The molecule has 1 atom stereocenters. The zero-order chi connectivity index (χ0) is 15.1. The van der Waals surface area contributed by atoms with E-state index in [9.17, 15) is 5.11 Å². The molecule has 0 radical (unpaired) electrons. The molecule has 2 rings (SSSR count). The lowest BCUT2D eigenvalue weighted by Crippen LogP contribution is -2.23. The molecule has 0 saturated heterocycles. The summed E-state index contributed by atoms with van der Waals surface area (Å²) in [4.78, 5) is 8.02. The van der Waals surface area contributed by atoms with Crippen LogP contribution in [0.1, 0.15) is 11.7 Å². The second kappa shape index (κ2) is 9.21. The van der Waals surface area contributed by atoms with E-state index in [2.05, 4.69) is 15.3 Å². The number of pyridine rings is 1. The molecule has 0 aliphatic rings. The Kier molecular flexibility index (Phi) is 7.61. The summed E-state index contributed by atoms with van der Waals surface area (Å²) in [6.07, 6.45) is 2.55. The van der Waals surface area contributed by atoms with E-state index in [1.54, 1.807) is 31.6 Å². The van der Waals surface area contributed by atoms with Crippen LogP contribution < -0.4 is 15.8 Å².